The van der Waals surface area contributed by atoms with E-state index in [1.54, 1.807) is 13.8 Å². The van der Waals surface area contributed by atoms with E-state index < -0.39 is 13.9 Å². The van der Waals surface area contributed by atoms with Crippen LogP contribution in [0.15, 0.2) is 0 Å². The zero-order valence-electron chi connectivity index (χ0n) is 5.87. The van der Waals surface area contributed by atoms with Crippen LogP contribution in [-0.4, -0.2) is 17.1 Å². The van der Waals surface area contributed by atoms with E-state index in [9.17, 15) is 4.57 Å². The first-order valence-corrected chi connectivity index (χ1v) is 4.10. The van der Waals surface area contributed by atoms with E-state index in [4.69, 9.17) is 9.63 Å². The van der Waals surface area contributed by atoms with Crippen molar-refractivity contribution in [3.8, 4) is 0 Å². The first-order valence-electron chi connectivity index (χ1n) is 2.85. The largest absolute Gasteiger partial charge is 0.540 e. The zero-order chi connectivity index (χ0) is 7.44. The molecule has 0 amide bonds. The summed E-state index contributed by atoms with van der Waals surface area (Å²) < 4.78 is 15.4. The Balaban J connectivity index is 3.51. The number of hydrogen-bond donors (Lipinski definition) is 1. The van der Waals surface area contributed by atoms with Gasteiger partial charge in [-0.15, -0.1) is 4.52 Å². The first-order chi connectivity index (χ1) is 4.04. The molecule has 1 N–H and O–H groups in total. The van der Waals surface area contributed by atoms with Crippen molar-refractivity contribution < 1.29 is 14.2 Å². The molecule has 0 aliphatic carbocycles. The van der Waals surface area contributed by atoms with Crippen LogP contribution >= 0.6 is 8.03 Å². The summed E-state index contributed by atoms with van der Waals surface area (Å²) in [4.78, 5) is 0. The minimum absolute atomic E-state index is 0.0804. The summed E-state index contributed by atoms with van der Waals surface area (Å²) >= 11 is 0. The van der Waals surface area contributed by atoms with Crippen LogP contribution in [0.4, 0.5) is 0 Å². The third-order valence-corrected chi connectivity index (χ3v) is 1.86. The fraction of sp³-hybridized carbons (Fsp3) is 1.00. The predicted molar refractivity (Wildman–Crippen MR) is 35.5 cm³/mol. The van der Waals surface area contributed by atoms with Crippen molar-refractivity contribution in [3.05, 3.63) is 0 Å². The van der Waals surface area contributed by atoms with Crippen molar-refractivity contribution in [2.24, 2.45) is 0 Å². The molecular formula is C5H12O3P+. The molecule has 4 heteroatoms. The molecule has 0 bridgehead atoms. The van der Waals surface area contributed by atoms with E-state index in [1.165, 1.54) is 6.92 Å². The SMILES string of the molecule is CC(C)O[P+](=O)C(C)O. The molecule has 0 saturated heterocycles. The van der Waals surface area contributed by atoms with Gasteiger partial charge in [-0.1, -0.05) is 0 Å². The highest BCUT2D eigenvalue weighted by molar-refractivity contribution is 7.39. The molecule has 3 nitrogen and oxygen atoms in total. The summed E-state index contributed by atoms with van der Waals surface area (Å²) in [5.74, 6) is -0.859. The second-order valence-electron chi connectivity index (χ2n) is 2.07. The molecule has 0 aromatic carbocycles. The lowest BCUT2D eigenvalue weighted by Crippen LogP contribution is -2.00. The Kier molecular flexibility index (Phi) is 3.95. The van der Waals surface area contributed by atoms with Gasteiger partial charge in [-0.3, -0.25) is 0 Å². The summed E-state index contributed by atoms with van der Waals surface area (Å²) in [5.41, 5.74) is 0. The van der Waals surface area contributed by atoms with Gasteiger partial charge in [0.2, 0.25) is 0 Å². The Morgan fingerprint density at radius 3 is 2.00 bits per heavy atom. The van der Waals surface area contributed by atoms with Gasteiger partial charge in [-0.05, 0) is 18.4 Å². The van der Waals surface area contributed by atoms with Gasteiger partial charge in [0.1, 0.15) is 6.10 Å². The van der Waals surface area contributed by atoms with E-state index >= 15 is 0 Å². The highest BCUT2D eigenvalue weighted by Crippen LogP contribution is 2.28. The lowest BCUT2D eigenvalue weighted by molar-refractivity contribution is 0.204. The quantitative estimate of drug-likeness (QED) is 0.621. The maximum Gasteiger partial charge on any atom is 0.540 e. The van der Waals surface area contributed by atoms with Crippen molar-refractivity contribution >= 4 is 8.03 Å². The summed E-state index contributed by atoms with van der Waals surface area (Å²) in [6.45, 7) is 4.99. The molecule has 54 valence electrons. The zero-order valence-corrected chi connectivity index (χ0v) is 6.76. The van der Waals surface area contributed by atoms with Crippen LogP contribution in [0.2, 0.25) is 0 Å². The molecule has 2 atom stereocenters. The van der Waals surface area contributed by atoms with Gasteiger partial charge in [-0.2, -0.15) is 0 Å². The van der Waals surface area contributed by atoms with Crippen molar-refractivity contribution in [1.29, 1.82) is 0 Å². The van der Waals surface area contributed by atoms with Gasteiger partial charge in [0.25, 0.3) is 5.85 Å². The van der Waals surface area contributed by atoms with E-state index in [2.05, 4.69) is 0 Å². The average Bonchev–Trinajstić information content (AvgIpc) is 1.63. The number of aliphatic hydroxyl groups excluding tert-OH is 1. The minimum Gasteiger partial charge on any atom is -0.349 e. The smallest absolute Gasteiger partial charge is 0.349 e. The van der Waals surface area contributed by atoms with Crippen LogP contribution in [0.1, 0.15) is 20.8 Å². The highest BCUT2D eigenvalue weighted by atomic mass is 31.1. The molecule has 0 aromatic rings. The number of rotatable bonds is 3. The van der Waals surface area contributed by atoms with Gasteiger partial charge in [0.05, 0.1) is 0 Å². The molecule has 0 fully saturated rings. The van der Waals surface area contributed by atoms with Crippen LogP contribution < -0.4 is 0 Å². The molecule has 0 spiro atoms. The monoisotopic (exact) mass is 151 g/mol. The molecule has 0 rings (SSSR count). The van der Waals surface area contributed by atoms with E-state index in [1.807, 2.05) is 0 Å². The van der Waals surface area contributed by atoms with Crippen molar-refractivity contribution in [2.45, 2.75) is 32.7 Å². The lowest BCUT2D eigenvalue weighted by Gasteiger charge is -1.93. The van der Waals surface area contributed by atoms with Crippen molar-refractivity contribution in [1.82, 2.24) is 0 Å². The Morgan fingerprint density at radius 1 is 1.44 bits per heavy atom. The topological polar surface area (TPSA) is 46.5 Å². The highest BCUT2D eigenvalue weighted by Gasteiger charge is 2.26. The molecule has 0 heterocycles. The maximum absolute atomic E-state index is 10.6. The predicted octanol–water partition coefficient (Wildman–Crippen LogP) is 1.49. The summed E-state index contributed by atoms with van der Waals surface area (Å²) in [6, 6.07) is 0. The van der Waals surface area contributed by atoms with E-state index in [0.29, 0.717) is 0 Å². The molecule has 0 aromatic heterocycles. The molecular weight excluding hydrogens is 139 g/mol. The van der Waals surface area contributed by atoms with Gasteiger partial charge in [0.15, 0.2) is 0 Å². The third kappa shape index (κ3) is 4.52. The fourth-order valence-corrected chi connectivity index (χ4v) is 0.888. The molecule has 0 aliphatic rings. The summed E-state index contributed by atoms with van der Waals surface area (Å²) in [6.07, 6.45) is -0.0804. The average molecular weight is 151 g/mol. The van der Waals surface area contributed by atoms with Crippen LogP contribution in [0.5, 0.6) is 0 Å². The normalized spacial score (nSPS) is 15.9. The maximum atomic E-state index is 10.6. The summed E-state index contributed by atoms with van der Waals surface area (Å²) in [5, 5.41) is 8.66. The number of hydrogen-bond acceptors (Lipinski definition) is 3. The Labute approximate surface area is 55.9 Å². The Bertz CT molecular complexity index is 100. The van der Waals surface area contributed by atoms with Gasteiger partial charge < -0.3 is 5.11 Å². The lowest BCUT2D eigenvalue weighted by atomic mass is 10.5. The minimum atomic E-state index is -1.87. The van der Waals surface area contributed by atoms with Crippen LogP contribution in [-0.2, 0) is 9.09 Å². The molecule has 9 heavy (non-hydrogen) atoms. The summed E-state index contributed by atoms with van der Waals surface area (Å²) in [7, 11) is -1.87. The van der Waals surface area contributed by atoms with Crippen LogP contribution in [0.25, 0.3) is 0 Å². The number of aliphatic hydroxyl groups is 1. The van der Waals surface area contributed by atoms with Crippen LogP contribution in [0, 0.1) is 0 Å². The van der Waals surface area contributed by atoms with Gasteiger partial charge in [-0.25, -0.2) is 0 Å². The first kappa shape index (κ1) is 9.02. The van der Waals surface area contributed by atoms with E-state index in [-0.39, 0.29) is 6.10 Å². The Morgan fingerprint density at radius 2 is 1.89 bits per heavy atom. The second kappa shape index (κ2) is 3.94. The second-order valence-corrected chi connectivity index (χ2v) is 3.60. The van der Waals surface area contributed by atoms with Crippen molar-refractivity contribution in [3.63, 3.8) is 0 Å². The third-order valence-electron chi connectivity index (χ3n) is 0.620. The van der Waals surface area contributed by atoms with Gasteiger partial charge >= 0.3 is 8.03 Å². The van der Waals surface area contributed by atoms with E-state index in [0.717, 1.165) is 0 Å². The van der Waals surface area contributed by atoms with Crippen LogP contribution in [0.3, 0.4) is 0 Å². The Hall–Kier alpha value is 0.0200. The van der Waals surface area contributed by atoms with Gasteiger partial charge in [0, 0.05) is 6.92 Å². The molecule has 0 aliphatic heterocycles. The molecule has 0 saturated carbocycles. The standard InChI is InChI=1S/C5H12O3P/c1-4(2)8-9(7)5(3)6/h4-6H,1-3H3/q+1. The molecule has 2 unspecified atom stereocenters. The fourth-order valence-electron chi connectivity index (χ4n) is 0.296. The molecule has 0 radical (unpaired) electrons. The van der Waals surface area contributed by atoms with Crippen molar-refractivity contribution in [2.75, 3.05) is 0 Å².